The number of likely N-dealkylation sites (N-methyl/N-ethyl adjacent to an activating group) is 1. The maximum Gasteiger partial charge on any atom is 0.416 e. The van der Waals surface area contributed by atoms with Crippen molar-refractivity contribution in [1.29, 1.82) is 0 Å². The number of nitrogens with one attached hydrogen (secondary N) is 1. The number of allylic oxidation sites excluding steroid dienone is 5. The summed E-state index contributed by atoms with van der Waals surface area (Å²) in [6.07, 6.45) is 8.77. The average molecular weight is 573 g/mol. The highest BCUT2D eigenvalue weighted by Gasteiger charge is 2.34. The van der Waals surface area contributed by atoms with Crippen LogP contribution < -0.4 is 5.32 Å². The Bertz CT molecular complexity index is 1510. The van der Waals surface area contributed by atoms with Crippen LogP contribution in [0.15, 0.2) is 83.5 Å². The lowest BCUT2D eigenvalue weighted by Crippen LogP contribution is -2.44. The van der Waals surface area contributed by atoms with E-state index in [2.05, 4.69) is 43.6 Å². The number of hydrogen-bond acceptors (Lipinski definition) is 6. The van der Waals surface area contributed by atoms with Gasteiger partial charge in [0, 0.05) is 56.4 Å². The quantitative estimate of drug-likeness (QED) is 0.402. The Morgan fingerprint density at radius 3 is 2.57 bits per heavy atom. The van der Waals surface area contributed by atoms with Crippen molar-refractivity contribution in [2.45, 2.75) is 38.9 Å². The molecule has 3 aliphatic rings. The van der Waals surface area contributed by atoms with E-state index >= 15 is 0 Å². The van der Waals surface area contributed by atoms with E-state index < -0.39 is 11.7 Å². The van der Waals surface area contributed by atoms with Crippen LogP contribution in [0.1, 0.15) is 48.4 Å². The Hall–Kier alpha value is -4.13. The summed E-state index contributed by atoms with van der Waals surface area (Å²) in [7, 11) is 2.03. The van der Waals surface area contributed by atoms with Crippen LogP contribution in [0.2, 0.25) is 0 Å². The maximum atomic E-state index is 14.3. The van der Waals surface area contributed by atoms with Crippen molar-refractivity contribution < 1.29 is 13.2 Å². The Kier molecular flexibility index (Phi) is 8.95. The second-order valence-electron chi connectivity index (χ2n) is 10.7. The van der Waals surface area contributed by atoms with Gasteiger partial charge in [-0.1, -0.05) is 30.7 Å². The number of piperazine rings is 1. The predicted molar refractivity (Wildman–Crippen MR) is 162 cm³/mol. The minimum Gasteiger partial charge on any atom is -0.354 e. The molecule has 2 aliphatic heterocycles. The number of pyridine rings is 1. The summed E-state index contributed by atoms with van der Waals surface area (Å²) < 4.78 is 42.9. The number of hydrazone groups is 1. The first kappa shape index (κ1) is 29.4. The number of rotatable bonds is 6. The highest BCUT2D eigenvalue weighted by atomic mass is 19.4. The van der Waals surface area contributed by atoms with Gasteiger partial charge in [-0.2, -0.15) is 18.3 Å². The molecule has 3 heterocycles. The zero-order valence-electron chi connectivity index (χ0n) is 24.0. The predicted octanol–water partition coefficient (Wildman–Crippen LogP) is 6.48. The number of nitrogens with zero attached hydrogens (tertiary/aromatic N) is 5. The molecule has 9 heteroatoms. The molecular weight excluding hydrogens is 537 g/mol. The van der Waals surface area contributed by atoms with Crippen molar-refractivity contribution >= 4 is 17.6 Å². The zero-order chi connectivity index (χ0) is 29.7. The maximum absolute atomic E-state index is 14.3. The molecule has 0 radical (unpaired) electrons. The lowest BCUT2D eigenvalue weighted by Gasteiger charge is -2.33. The molecule has 1 aliphatic carbocycles. The fourth-order valence-corrected chi connectivity index (χ4v) is 5.07. The van der Waals surface area contributed by atoms with Gasteiger partial charge in [0.2, 0.25) is 0 Å². The number of aromatic nitrogens is 1. The molecule has 1 saturated carbocycles. The van der Waals surface area contributed by atoms with E-state index in [4.69, 9.17) is 0 Å². The van der Waals surface area contributed by atoms with Crippen molar-refractivity contribution in [2.75, 3.05) is 38.5 Å². The Morgan fingerprint density at radius 2 is 1.90 bits per heavy atom. The van der Waals surface area contributed by atoms with Gasteiger partial charge in [-0.25, -0.2) is 5.01 Å². The summed E-state index contributed by atoms with van der Waals surface area (Å²) in [5.74, 6) is 6.25. The monoisotopic (exact) mass is 572 g/mol. The van der Waals surface area contributed by atoms with Crippen LogP contribution in [0, 0.1) is 11.8 Å². The van der Waals surface area contributed by atoms with E-state index in [-0.39, 0.29) is 6.54 Å². The number of anilines is 1. The largest absolute Gasteiger partial charge is 0.416 e. The van der Waals surface area contributed by atoms with Crippen LogP contribution in [-0.4, -0.2) is 59.2 Å². The van der Waals surface area contributed by atoms with Gasteiger partial charge >= 0.3 is 6.18 Å². The molecule has 1 aromatic heterocycles. The van der Waals surface area contributed by atoms with E-state index in [9.17, 15) is 13.2 Å². The van der Waals surface area contributed by atoms with Gasteiger partial charge in [0.15, 0.2) is 0 Å². The first-order chi connectivity index (χ1) is 20.2. The normalized spacial score (nSPS) is 18.0. The second-order valence-corrected chi connectivity index (χ2v) is 10.7. The van der Waals surface area contributed by atoms with Crippen molar-refractivity contribution in [3.05, 3.63) is 101 Å². The molecule has 1 saturated heterocycles. The van der Waals surface area contributed by atoms with Gasteiger partial charge in [0.05, 0.1) is 23.1 Å². The number of benzene rings is 1. The Morgan fingerprint density at radius 1 is 1.12 bits per heavy atom. The summed E-state index contributed by atoms with van der Waals surface area (Å²) in [4.78, 5) is 8.63. The molecule has 0 amide bonds. The number of hydrogen-bond donors (Lipinski definition) is 1. The van der Waals surface area contributed by atoms with E-state index in [0.29, 0.717) is 39.5 Å². The summed E-state index contributed by atoms with van der Waals surface area (Å²) >= 11 is 0. The summed E-state index contributed by atoms with van der Waals surface area (Å²) in [6, 6.07) is 6.61. The molecule has 2 fully saturated rings. The molecule has 5 rings (SSSR count). The third-order valence-corrected chi connectivity index (χ3v) is 7.68. The van der Waals surface area contributed by atoms with Gasteiger partial charge in [-0.05, 0) is 80.1 Å². The topological polar surface area (TPSA) is 47.0 Å². The molecule has 0 bridgehead atoms. The van der Waals surface area contributed by atoms with E-state index in [1.165, 1.54) is 6.07 Å². The number of alkyl halides is 3. The Labute approximate surface area is 245 Å². The van der Waals surface area contributed by atoms with Crippen LogP contribution in [0.5, 0.6) is 0 Å². The Balaban J connectivity index is 1.39. The molecule has 6 nitrogen and oxygen atoms in total. The SMILES string of the molecule is C=C1C=CC=NN1/C(C#Cc1cncc(NC(=C2CCC2)c2ccc(CN3CCN(C)CC3)c(C(F)(F)F)c2)c1)=C\C. The third-order valence-electron chi connectivity index (χ3n) is 7.68. The molecule has 218 valence electrons. The van der Waals surface area contributed by atoms with Crippen LogP contribution in [0.25, 0.3) is 5.70 Å². The number of halogens is 3. The lowest BCUT2D eigenvalue weighted by atomic mass is 9.87. The molecular formula is C33H35F3N6. The van der Waals surface area contributed by atoms with E-state index in [0.717, 1.165) is 51.0 Å². The van der Waals surface area contributed by atoms with Crippen LogP contribution >= 0.6 is 0 Å². The fourth-order valence-electron chi connectivity index (χ4n) is 5.07. The van der Waals surface area contributed by atoms with Gasteiger partial charge in [-0.3, -0.25) is 9.88 Å². The fraction of sp³-hybridized carbons (Fsp3) is 0.333. The van der Waals surface area contributed by atoms with Gasteiger partial charge in [-0.15, -0.1) is 0 Å². The standard InChI is InChI=1S/C33H35F3N6/c1-4-30(42-24(2)7-6-14-38-42)13-10-25-19-29(22-37-21-25)39-32(26-8-5-9-26)27-11-12-28(31(20-27)33(34,35)36)23-41-17-15-40(3)16-18-41/h4,6-7,11-12,14,19-22,39H,2,5,8-9,15-18,23H2,1,3H3/b30-4-. The highest BCUT2D eigenvalue weighted by Crippen LogP contribution is 2.38. The summed E-state index contributed by atoms with van der Waals surface area (Å²) in [5.41, 5.74) is 4.79. The average Bonchev–Trinajstić information content (AvgIpc) is 2.94. The first-order valence-electron chi connectivity index (χ1n) is 14.1. The van der Waals surface area contributed by atoms with Crippen molar-refractivity contribution in [3.63, 3.8) is 0 Å². The third kappa shape index (κ3) is 7.01. The highest BCUT2D eigenvalue weighted by molar-refractivity contribution is 5.80. The van der Waals surface area contributed by atoms with Crippen LogP contribution in [0.3, 0.4) is 0 Å². The summed E-state index contributed by atoms with van der Waals surface area (Å²) in [5, 5.41) is 9.37. The van der Waals surface area contributed by atoms with Crippen LogP contribution in [-0.2, 0) is 12.7 Å². The molecule has 0 unspecified atom stereocenters. The first-order valence-corrected chi connectivity index (χ1v) is 14.1. The van der Waals surface area contributed by atoms with Crippen LogP contribution in [0.4, 0.5) is 18.9 Å². The smallest absolute Gasteiger partial charge is 0.354 e. The van der Waals surface area contributed by atoms with Gasteiger partial charge in [0.25, 0.3) is 0 Å². The molecule has 42 heavy (non-hydrogen) atoms. The van der Waals surface area contributed by atoms with Gasteiger partial charge < -0.3 is 10.2 Å². The minimum atomic E-state index is -4.45. The molecule has 2 aromatic rings. The second kappa shape index (κ2) is 12.8. The molecule has 1 N–H and O–H groups in total. The minimum absolute atomic E-state index is 0.285. The van der Waals surface area contributed by atoms with Crippen molar-refractivity contribution in [2.24, 2.45) is 5.10 Å². The zero-order valence-corrected chi connectivity index (χ0v) is 24.0. The van der Waals surface area contributed by atoms with E-state index in [1.54, 1.807) is 29.7 Å². The van der Waals surface area contributed by atoms with Crippen molar-refractivity contribution in [1.82, 2.24) is 19.8 Å². The van der Waals surface area contributed by atoms with E-state index in [1.807, 2.05) is 44.3 Å². The molecule has 0 atom stereocenters. The molecule has 0 spiro atoms. The van der Waals surface area contributed by atoms with Gasteiger partial charge in [0.1, 0.15) is 5.70 Å². The lowest BCUT2D eigenvalue weighted by molar-refractivity contribution is -0.138. The molecule has 1 aromatic carbocycles. The van der Waals surface area contributed by atoms with Crippen molar-refractivity contribution in [3.8, 4) is 11.8 Å². The summed E-state index contributed by atoms with van der Waals surface area (Å²) in [6.45, 7) is 9.38.